The summed E-state index contributed by atoms with van der Waals surface area (Å²) in [5.41, 5.74) is 2.80. The molecule has 0 aliphatic heterocycles. The molecule has 0 fully saturated rings. The van der Waals surface area contributed by atoms with Crippen LogP contribution in [0, 0.1) is 12.7 Å². The Balaban J connectivity index is 2.56. The highest BCUT2D eigenvalue weighted by molar-refractivity contribution is 5.80. The van der Waals surface area contributed by atoms with Gasteiger partial charge in [-0.2, -0.15) is 0 Å². The number of hydrogen-bond acceptors (Lipinski definition) is 3. The first-order valence-electron chi connectivity index (χ1n) is 10.6. The van der Waals surface area contributed by atoms with Gasteiger partial charge in [-0.25, -0.2) is 9.37 Å². The molecule has 1 aromatic heterocycles. The van der Waals surface area contributed by atoms with E-state index in [1.807, 2.05) is 23.9 Å². The normalized spacial score (nSPS) is 11.4. The number of benzene rings is 1. The summed E-state index contributed by atoms with van der Waals surface area (Å²) in [7, 11) is 0. The van der Waals surface area contributed by atoms with Gasteiger partial charge in [0.15, 0.2) is 0 Å². The Bertz CT molecular complexity index is 895. The Labute approximate surface area is 179 Å². The van der Waals surface area contributed by atoms with Gasteiger partial charge in [0.1, 0.15) is 17.5 Å². The molecule has 1 N–H and O–H groups in total. The van der Waals surface area contributed by atoms with Gasteiger partial charge in [-0.1, -0.05) is 26.5 Å². The van der Waals surface area contributed by atoms with Crippen molar-refractivity contribution in [3.05, 3.63) is 53.7 Å². The highest BCUT2D eigenvalue weighted by atomic mass is 19.1. The van der Waals surface area contributed by atoms with Crippen molar-refractivity contribution in [2.75, 3.05) is 24.5 Å². The minimum absolute atomic E-state index is 0.0719. The van der Waals surface area contributed by atoms with Crippen molar-refractivity contribution < 1.29 is 9.18 Å². The van der Waals surface area contributed by atoms with Gasteiger partial charge in [-0.05, 0) is 61.1 Å². The number of aromatic nitrogens is 2. The zero-order valence-electron chi connectivity index (χ0n) is 18.5. The molecule has 0 saturated carbocycles. The van der Waals surface area contributed by atoms with Gasteiger partial charge in [-0.3, -0.25) is 9.36 Å². The van der Waals surface area contributed by atoms with Gasteiger partial charge < -0.3 is 10.2 Å². The maximum atomic E-state index is 13.7. The number of imidazole rings is 1. The van der Waals surface area contributed by atoms with Gasteiger partial charge in [-0.15, -0.1) is 0 Å². The van der Waals surface area contributed by atoms with Crippen LogP contribution >= 0.6 is 0 Å². The molecular formula is C24H33FN4O. The van der Waals surface area contributed by atoms with Crippen molar-refractivity contribution in [1.82, 2.24) is 14.9 Å². The summed E-state index contributed by atoms with van der Waals surface area (Å²) in [5, 5.41) is 2.85. The molecule has 1 aromatic carbocycles. The molecule has 0 unspecified atom stereocenters. The third-order valence-corrected chi connectivity index (χ3v) is 4.89. The molecule has 0 radical (unpaired) electrons. The van der Waals surface area contributed by atoms with Crippen LogP contribution in [0.25, 0.3) is 17.8 Å². The first kappa shape index (κ1) is 23.4. The Morgan fingerprint density at radius 1 is 1.30 bits per heavy atom. The highest BCUT2D eigenvalue weighted by Crippen LogP contribution is 2.27. The lowest BCUT2D eigenvalue weighted by Gasteiger charge is -2.24. The van der Waals surface area contributed by atoms with E-state index in [2.05, 4.69) is 35.6 Å². The summed E-state index contributed by atoms with van der Waals surface area (Å²) in [6.45, 7) is 14.0. The molecule has 1 amide bonds. The van der Waals surface area contributed by atoms with E-state index in [1.165, 1.54) is 19.1 Å². The van der Waals surface area contributed by atoms with Crippen LogP contribution in [0.4, 0.5) is 10.2 Å². The summed E-state index contributed by atoms with van der Waals surface area (Å²) in [4.78, 5) is 18.2. The number of nitrogens with one attached hydrogen (secondary N) is 1. The second-order valence-electron chi connectivity index (χ2n) is 7.38. The van der Waals surface area contributed by atoms with E-state index < -0.39 is 0 Å². The topological polar surface area (TPSA) is 50.2 Å². The van der Waals surface area contributed by atoms with E-state index in [9.17, 15) is 9.18 Å². The summed E-state index contributed by atoms with van der Waals surface area (Å²) in [5.74, 6) is 1.42. The monoisotopic (exact) mass is 412 g/mol. The average Bonchev–Trinajstić information content (AvgIpc) is 3.09. The third-order valence-electron chi connectivity index (χ3n) is 4.89. The predicted octanol–water partition coefficient (Wildman–Crippen LogP) is 5.12. The number of halogens is 1. The molecule has 0 spiro atoms. The molecule has 0 aliphatic rings. The zero-order valence-corrected chi connectivity index (χ0v) is 18.5. The van der Waals surface area contributed by atoms with Crippen LogP contribution in [0.15, 0.2) is 31.0 Å². The van der Waals surface area contributed by atoms with Gasteiger partial charge in [0.2, 0.25) is 5.91 Å². The third kappa shape index (κ3) is 6.05. The maximum Gasteiger partial charge on any atom is 0.216 e. The first-order chi connectivity index (χ1) is 14.4. The van der Waals surface area contributed by atoms with Crippen LogP contribution in [-0.2, 0) is 4.79 Å². The number of amides is 1. The fraction of sp³-hybridized carbons (Fsp3) is 0.417. The van der Waals surface area contributed by atoms with E-state index in [-0.39, 0.29) is 11.7 Å². The smallest absolute Gasteiger partial charge is 0.216 e. The summed E-state index contributed by atoms with van der Waals surface area (Å²) in [6.07, 6.45) is 8.33. The van der Waals surface area contributed by atoms with Crippen molar-refractivity contribution in [3.8, 4) is 0 Å². The molecule has 0 atom stereocenters. The van der Waals surface area contributed by atoms with Crippen LogP contribution in [0.1, 0.15) is 57.0 Å². The number of carbonyl (C=O) groups excluding carboxylic acids is 1. The lowest BCUT2D eigenvalue weighted by atomic mass is 9.98. The number of aryl methyl sites for hydroxylation is 1. The molecule has 0 bridgehead atoms. The molecule has 162 valence electrons. The maximum absolute atomic E-state index is 13.7. The van der Waals surface area contributed by atoms with E-state index in [4.69, 9.17) is 0 Å². The van der Waals surface area contributed by atoms with E-state index in [0.29, 0.717) is 13.0 Å². The summed E-state index contributed by atoms with van der Waals surface area (Å²) < 4.78 is 15.7. The SMILES string of the molecule is C=Cc1ncc(N(CCC)CCC)n1/C=C(\CCNC(C)=O)c1ccc(F)cc1C. The van der Waals surface area contributed by atoms with Crippen LogP contribution in [0.5, 0.6) is 0 Å². The molecule has 1 heterocycles. The van der Waals surface area contributed by atoms with Crippen molar-refractivity contribution in [2.45, 2.75) is 47.0 Å². The first-order valence-corrected chi connectivity index (χ1v) is 10.6. The lowest BCUT2D eigenvalue weighted by Crippen LogP contribution is -2.26. The Morgan fingerprint density at radius 2 is 2.00 bits per heavy atom. The molecule has 5 nitrogen and oxygen atoms in total. The quantitative estimate of drug-likeness (QED) is 0.557. The minimum atomic E-state index is -0.260. The van der Waals surface area contributed by atoms with Crippen molar-refractivity contribution >= 4 is 29.6 Å². The Kier molecular flexibility index (Phi) is 8.84. The van der Waals surface area contributed by atoms with Crippen LogP contribution in [0.2, 0.25) is 0 Å². The van der Waals surface area contributed by atoms with E-state index >= 15 is 0 Å². The van der Waals surface area contributed by atoms with Crippen molar-refractivity contribution in [3.63, 3.8) is 0 Å². The van der Waals surface area contributed by atoms with Gasteiger partial charge in [0.25, 0.3) is 0 Å². The highest BCUT2D eigenvalue weighted by Gasteiger charge is 2.15. The van der Waals surface area contributed by atoms with Gasteiger partial charge in [0.05, 0.1) is 6.20 Å². The van der Waals surface area contributed by atoms with Crippen molar-refractivity contribution in [1.29, 1.82) is 0 Å². The summed E-state index contributed by atoms with van der Waals surface area (Å²) >= 11 is 0. The number of carbonyl (C=O) groups is 1. The Hall–Kier alpha value is -2.89. The molecule has 30 heavy (non-hydrogen) atoms. The summed E-state index contributed by atoms with van der Waals surface area (Å²) in [6, 6.07) is 4.80. The number of rotatable bonds is 11. The second-order valence-corrected chi connectivity index (χ2v) is 7.38. The molecule has 0 aliphatic carbocycles. The number of hydrogen-bond donors (Lipinski definition) is 1. The standard InChI is InChI=1S/C24H33FN4O/c1-6-13-28(14-7-2)24-16-27-23(8-3)29(24)17-20(11-12-26-19(5)30)22-10-9-21(25)15-18(22)4/h8-10,15-17H,3,6-7,11-14H2,1-2,4-5H3,(H,26,30)/b20-17+. The molecule has 2 rings (SSSR count). The van der Waals surface area contributed by atoms with Crippen LogP contribution in [-0.4, -0.2) is 35.1 Å². The molecule has 2 aromatic rings. The number of nitrogens with zero attached hydrogens (tertiary/aromatic N) is 3. The van der Waals surface area contributed by atoms with E-state index in [0.717, 1.165) is 54.3 Å². The molecule has 0 saturated heterocycles. The fourth-order valence-corrected chi connectivity index (χ4v) is 3.55. The van der Waals surface area contributed by atoms with Gasteiger partial charge >= 0.3 is 0 Å². The predicted molar refractivity (Wildman–Crippen MR) is 124 cm³/mol. The van der Waals surface area contributed by atoms with Crippen LogP contribution < -0.4 is 10.2 Å². The van der Waals surface area contributed by atoms with Crippen LogP contribution in [0.3, 0.4) is 0 Å². The van der Waals surface area contributed by atoms with Gasteiger partial charge in [0, 0.05) is 32.8 Å². The lowest BCUT2D eigenvalue weighted by molar-refractivity contribution is -0.118. The average molecular weight is 413 g/mol. The second kappa shape index (κ2) is 11.3. The Morgan fingerprint density at radius 3 is 2.57 bits per heavy atom. The molecule has 6 heteroatoms. The molecular weight excluding hydrogens is 379 g/mol. The number of anilines is 1. The van der Waals surface area contributed by atoms with E-state index in [1.54, 1.807) is 12.1 Å². The fourth-order valence-electron chi connectivity index (χ4n) is 3.55. The minimum Gasteiger partial charge on any atom is -0.356 e. The largest absolute Gasteiger partial charge is 0.356 e. The van der Waals surface area contributed by atoms with Crippen molar-refractivity contribution in [2.24, 2.45) is 0 Å². The zero-order chi connectivity index (χ0) is 22.1.